The molecule has 37 heavy (non-hydrogen) atoms. The van der Waals surface area contributed by atoms with E-state index >= 15 is 0 Å². The molecule has 2 aliphatic rings. The van der Waals surface area contributed by atoms with Gasteiger partial charge < -0.3 is 19.8 Å². The van der Waals surface area contributed by atoms with Gasteiger partial charge in [-0.05, 0) is 29.5 Å². The minimum absolute atomic E-state index is 0.110. The number of carbonyl (C=O) groups is 3. The Kier molecular flexibility index (Phi) is 6.95. The predicted octanol–water partition coefficient (Wildman–Crippen LogP) is 4.20. The van der Waals surface area contributed by atoms with Gasteiger partial charge >= 0.3 is 12.0 Å². The summed E-state index contributed by atoms with van der Waals surface area (Å²) >= 11 is 0. The number of urea groups is 1. The quantitative estimate of drug-likeness (QED) is 0.554. The van der Waals surface area contributed by atoms with Gasteiger partial charge in [-0.3, -0.25) is 4.79 Å². The Balaban J connectivity index is 1.43. The molecule has 2 aliphatic heterocycles. The van der Waals surface area contributed by atoms with Crippen LogP contribution in [0.2, 0.25) is 0 Å². The molecular formula is C30H31N3O4. The van der Waals surface area contributed by atoms with Gasteiger partial charge in [0.25, 0.3) is 0 Å². The lowest BCUT2D eigenvalue weighted by molar-refractivity contribution is -0.151. The molecule has 3 amide bonds. The Labute approximate surface area is 216 Å². The molecule has 0 aromatic heterocycles. The second kappa shape index (κ2) is 10.5. The molecule has 0 unspecified atom stereocenters. The monoisotopic (exact) mass is 497 g/mol. The normalized spacial score (nSPS) is 20.6. The molecule has 2 fully saturated rings. The highest BCUT2D eigenvalue weighted by molar-refractivity contribution is 5.90. The Bertz CT molecular complexity index is 1210. The predicted molar refractivity (Wildman–Crippen MR) is 140 cm³/mol. The third kappa shape index (κ3) is 4.81. The minimum Gasteiger partial charge on any atom is -0.480 e. The molecule has 0 spiro atoms. The zero-order valence-electron chi connectivity index (χ0n) is 20.8. The van der Waals surface area contributed by atoms with Crippen molar-refractivity contribution < 1.29 is 19.5 Å². The number of piperazine rings is 1. The van der Waals surface area contributed by atoms with Gasteiger partial charge in [0.15, 0.2) is 6.04 Å². The molecule has 0 aliphatic carbocycles. The van der Waals surface area contributed by atoms with Crippen LogP contribution >= 0.6 is 0 Å². The van der Waals surface area contributed by atoms with Crippen molar-refractivity contribution in [2.75, 3.05) is 13.6 Å². The highest BCUT2D eigenvalue weighted by atomic mass is 16.4. The van der Waals surface area contributed by atoms with E-state index in [-0.39, 0.29) is 24.5 Å². The maximum absolute atomic E-state index is 14.2. The van der Waals surface area contributed by atoms with Crippen LogP contribution in [0.4, 0.5) is 4.79 Å². The first-order valence-electron chi connectivity index (χ1n) is 12.7. The van der Waals surface area contributed by atoms with Crippen molar-refractivity contribution >= 4 is 17.9 Å². The molecule has 1 N–H and O–H groups in total. The average molecular weight is 498 g/mol. The van der Waals surface area contributed by atoms with Gasteiger partial charge in [-0.15, -0.1) is 0 Å². The van der Waals surface area contributed by atoms with Crippen LogP contribution in [0.15, 0.2) is 91.0 Å². The van der Waals surface area contributed by atoms with Gasteiger partial charge in [-0.25, -0.2) is 9.59 Å². The number of amides is 3. The molecule has 5 rings (SSSR count). The SMILES string of the molecule is CN(Cc1ccccc1)C(=O)N1C[C@@H]2CC[C@H]([C@H]1C(=O)O)N2C(=O)C(c1ccccc1)c1ccccc1. The molecule has 2 bridgehead atoms. The average Bonchev–Trinajstić information content (AvgIpc) is 3.22. The fraction of sp³-hybridized carbons (Fsp3) is 0.300. The van der Waals surface area contributed by atoms with E-state index in [1.54, 1.807) is 16.8 Å². The van der Waals surface area contributed by atoms with Gasteiger partial charge in [-0.2, -0.15) is 0 Å². The molecule has 3 aromatic carbocycles. The number of carbonyl (C=O) groups excluding carboxylic acids is 2. The summed E-state index contributed by atoms with van der Waals surface area (Å²) in [7, 11) is 1.69. The molecule has 0 radical (unpaired) electrons. The van der Waals surface area contributed by atoms with E-state index in [0.29, 0.717) is 19.4 Å². The maximum atomic E-state index is 14.2. The van der Waals surface area contributed by atoms with Gasteiger partial charge in [0.1, 0.15) is 0 Å². The van der Waals surface area contributed by atoms with E-state index < -0.39 is 24.0 Å². The van der Waals surface area contributed by atoms with Crippen LogP contribution in [0.25, 0.3) is 0 Å². The summed E-state index contributed by atoms with van der Waals surface area (Å²) in [6, 6.07) is 26.6. The van der Waals surface area contributed by atoms with Crippen molar-refractivity contribution in [1.82, 2.24) is 14.7 Å². The Morgan fingerprint density at radius 2 is 1.41 bits per heavy atom. The van der Waals surface area contributed by atoms with Gasteiger partial charge in [0.05, 0.1) is 12.0 Å². The van der Waals surface area contributed by atoms with Crippen LogP contribution in [0.5, 0.6) is 0 Å². The summed E-state index contributed by atoms with van der Waals surface area (Å²) in [4.78, 5) is 45.0. The summed E-state index contributed by atoms with van der Waals surface area (Å²) < 4.78 is 0. The highest BCUT2D eigenvalue weighted by Gasteiger charge is 2.54. The van der Waals surface area contributed by atoms with Gasteiger partial charge in [-0.1, -0.05) is 91.0 Å². The number of likely N-dealkylation sites (tertiary alicyclic amines) is 1. The number of carboxylic acids is 1. The lowest BCUT2D eigenvalue weighted by Gasteiger charge is -2.46. The van der Waals surface area contributed by atoms with E-state index in [1.807, 2.05) is 91.0 Å². The molecule has 2 heterocycles. The van der Waals surface area contributed by atoms with Gasteiger partial charge in [0, 0.05) is 26.2 Å². The van der Waals surface area contributed by atoms with E-state index in [4.69, 9.17) is 0 Å². The van der Waals surface area contributed by atoms with Crippen molar-refractivity contribution in [2.45, 2.75) is 43.4 Å². The number of fused-ring (bicyclic) bond motifs is 2. The van der Waals surface area contributed by atoms with Crippen LogP contribution in [-0.2, 0) is 16.1 Å². The number of aliphatic carboxylic acids is 1. The number of hydrogen-bond acceptors (Lipinski definition) is 3. The fourth-order valence-electron chi connectivity index (χ4n) is 5.85. The first-order valence-corrected chi connectivity index (χ1v) is 12.7. The van der Waals surface area contributed by atoms with Crippen LogP contribution in [-0.4, -0.2) is 69.4 Å². The largest absolute Gasteiger partial charge is 0.480 e. The Morgan fingerprint density at radius 3 is 1.95 bits per heavy atom. The topological polar surface area (TPSA) is 81.2 Å². The van der Waals surface area contributed by atoms with Crippen molar-refractivity contribution in [1.29, 1.82) is 0 Å². The first-order chi connectivity index (χ1) is 18.0. The smallest absolute Gasteiger partial charge is 0.328 e. The highest BCUT2D eigenvalue weighted by Crippen LogP contribution is 2.39. The summed E-state index contributed by atoms with van der Waals surface area (Å²) in [6.07, 6.45) is 1.22. The second-order valence-electron chi connectivity index (χ2n) is 9.86. The molecule has 3 aromatic rings. The van der Waals surface area contributed by atoms with Crippen LogP contribution < -0.4 is 0 Å². The van der Waals surface area contributed by atoms with Crippen molar-refractivity contribution in [3.63, 3.8) is 0 Å². The number of nitrogens with zero attached hydrogens (tertiary/aromatic N) is 3. The Hall–Kier alpha value is -4.13. The van der Waals surface area contributed by atoms with E-state index in [2.05, 4.69) is 0 Å². The third-order valence-electron chi connectivity index (χ3n) is 7.51. The zero-order valence-corrected chi connectivity index (χ0v) is 20.8. The van der Waals surface area contributed by atoms with Crippen molar-refractivity contribution in [3.05, 3.63) is 108 Å². The summed E-state index contributed by atoms with van der Waals surface area (Å²) in [5.41, 5.74) is 2.70. The van der Waals surface area contributed by atoms with E-state index in [9.17, 15) is 19.5 Å². The van der Waals surface area contributed by atoms with Crippen LogP contribution in [0.3, 0.4) is 0 Å². The summed E-state index contributed by atoms with van der Waals surface area (Å²) in [6.45, 7) is 0.581. The maximum Gasteiger partial charge on any atom is 0.328 e. The number of rotatable bonds is 6. The van der Waals surface area contributed by atoms with Crippen molar-refractivity contribution in [2.24, 2.45) is 0 Å². The minimum atomic E-state index is -1.10. The number of carboxylic acid groups (broad SMARTS) is 1. The molecule has 2 saturated heterocycles. The third-order valence-corrected chi connectivity index (χ3v) is 7.51. The second-order valence-corrected chi connectivity index (χ2v) is 9.86. The number of benzene rings is 3. The zero-order chi connectivity index (χ0) is 25.9. The van der Waals surface area contributed by atoms with Crippen molar-refractivity contribution in [3.8, 4) is 0 Å². The number of hydrogen-bond donors (Lipinski definition) is 1. The molecule has 7 nitrogen and oxygen atoms in total. The lowest BCUT2D eigenvalue weighted by Crippen LogP contribution is -2.66. The van der Waals surface area contributed by atoms with E-state index in [1.165, 1.54) is 4.90 Å². The molecule has 190 valence electrons. The van der Waals surface area contributed by atoms with Crippen LogP contribution in [0, 0.1) is 0 Å². The fourth-order valence-corrected chi connectivity index (χ4v) is 5.85. The lowest BCUT2D eigenvalue weighted by atomic mass is 9.88. The first kappa shape index (κ1) is 24.6. The van der Waals surface area contributed by atoms with E-state index in [0.717, 1.165) is 16.7 Å². The summed E-state index contributed by atoms with van der Waals surface area (Å²) in [5, 5.41) is 10.3. The summed E-state index contributed by atoms with van der Waals surface area (Å²) in [5.74, 6) is -1.73. The standard InChI is InChI=1S/C30H31N3O4/c1-31(19-21-11-5-2-6-12-21)30(37)32-20-24-17-18-25(27(32)29(35)36)33(24)28(34)26(22-13-7-3-8-14-22)23-15-9-4-10-16-23/h2-16,24-27H,17-20H2,1H3,(H,35,36)/t24-,25+,27-/m0/s1. The molecule has 3 atom stereocenters. The van der Waals surface area contributed by atoms with Gasteiger partial charge in [0.2, 0.25) is 5.91 Å². The van der Waals surface area contributed by atoms with Crippen LogP contribution in [0.1, 0.15) is 35.4 Å². The Morgan fingerprint density at radius 1 is 0.865 bits per heavy atom. The molecule has 7 heteroatoms. The molecular weight excluding hydrogens is 466 g/mol. The molecule has 0 saturated carbocycles.